The molecule has 5 heteroatoms. The Labute approximate surface area is 102 Å². The fourth-order valence-corrected chi connectivity index (χ4v) is 1.67. The van der Waals surface area contributed by atoms with Gasteiger partial charge < -0.3 is 9.29 Å². The Morgan fingerprint density at radius 3 is 2.35 bits per heavy atom. The van der Waals surface area contributed by atoms with Crippen LogP contribution in [0.3, 0.4) is 0 Å². The molecule has 1 aromatic carbocycles. The minimum atomic E-state index is -1.94. The zero-order chi connectivity index (χ0) is 12.1. The van der Waals surface area contributed by atoms with Crippen molar-refractivity contribution in [2.24, 2.45) is 0 Å². The average molecular weight is 249 g/mol. The summed E-state index contributed by atoms with van der Waals surface area (Å²) in [4.78, 5) is 4.28. The molecular weight excluding hydrogens is 238 g/mol. The number of aromatic nitrogens is 1. The van der Waals surface area contributed by atoms with E-state index >= 15 is 0 Å². The maximum Gasteiger partial charge on any atom is 0.186 e. The van der Waals surface area contributed by atoms with Crippen LogP contribution in [-0.4, -0.2) is 13.7 Å². The van der Waals surface area contributed by atoms with Crippen LogP contribution in [0.2, 0.25) is 0 Å². The second-order valence-corrected chi connectivity index (χ2v) is 4.33. The summed E-state index contributed by atoms with van der Waals surface area (Å²) >= 11 is -1.94. The average Bonchev–Trinajstić information content (AvgIpc) is 2.38. The van der Waals surface area contributed by atoms with Crippen molar-refractivity contribution in [3.05, 3.63) is 54.4 Å². The molecule has 88 valence electrons. The molecule has 0 bridgehead atoms. The van der Waals surface area contributed by atoms with Crippen LogP contribution in [0.4, 0.5) is 0 Å². The van der Waals surface area contributed by atoms with Crippen LogP contribution >= 0.6 is 0 Å². The molecular formula is C12H11NO3S. The summed E-state index contributed by atoms with van der Waals surface area (Å²) in [6.07, 6.45) is 3.41. The number of pyridine rings is 1. The summed E-state index contributed by atoms with van der Waals surface area (Å²) in [7, 11) is 0. The summed E-state index contributed by atoms with van der Waals surface area (Å²) in [6.45, 7) is 0.448. The largest absolute Gasteiger partial charge is 0.489 e. The van der Waals surface area contributed by atoms with Gasteiger partial charge in [0.2, 0.25) is 0 Å². The first-order valence-electron chi connectivity index (χ1n) is 4.98. The lowest BCUT2D eigenvalue weighted by Crippen LogP contribution is -1.95. The van der Waals surface area contributed by atoms with E-state index in [1.807, 2.05) is 12.1 Å². The molecule has 0 saturated heterocycles. The predicted molar refractivity (Wildman–Crippen MR) is 64.0 cm³/mol. The van der Waals surface area contributed by atoms with Crippen molar-refractivity contribution < 1.29 is 13.5 Å². The van der Waals surface area contributed by atoms with Gasteiger partial charge in [-0.1, -0.05) is 0 Å². The van der Waals surface area contributed by atoms with Crippen molar-refractivity contribution in [1.82, 2.24) is 4.98 Å². The van der Waals surface area contributed by atoms with Crippen molar-refractivity contribution in [3.63, 3.8) is 0 Å². The van der Waals surface area contributed by atoms with Gasteiger partial charge in [0.15, 0.2) is 11.1 Å². The molecule has 1 atom stereocenters. The molecule has 0 saturated carbocycles. The number of rotatable bonds is 4. The number of ether oxygens (including phenoxy) is 1. The molecule has 2 aromatic rings. The van der Waals surface area contributed by atoms with Crippen LogP contribution in [0.15, 0.2) is 53.7 Å². The van der Waals surface area contributed by atoms with Crippen LogP contribution < -0.4 is 4.74 Å². The highest BCUT2D eigenvalue weighted by Gasteiger charge is 2.00. The zero-order valence-corrected chi connectivity index (χ0v) is 9.76. The van der Waals surface area contributed by atoms with E-state index in [0.717, 1.165) is 5.56 Å². The highest BCUT2D eigenvalue weighted by atomic mass is 32.2. The highest BCUT2D eigenvalue weighted by Crippen LogP contribution is 2.15. The van der Waals surface area contributed by atoms with Crippen molar-refractivity contribution >= 4 is 11.1 Å². The molecule has 0 spiro atoms. The third-order valence-electron chi connectivity index (χ3n) is 2.18. The van der Waals surface area contributed by atoms with E-state index in [1.54, 1.807) is 36.7 Å². The Morgan fingerprint density at radius 1 is 1.12 bits per heavy atom. The second kappa shape index (κ2) is 5.56. The van der Waals surface area contributed by atoms with E-state index in [9.17, 15) is 4.21 Å². The lowest BCUT2D eigenvalue weighted by Gasteiger charge is -2.06. The Bertz CT molecular complexity index is 499. The van der Waals surface area contributed by atoms with E-state index in [2.05, 4.69) is 4.98 Å². The molecule has 17 heavy (non-hydrogen) atoms. The molecule has 0 amide bonds. The van der Waals surface area contributed by atoms with Crippen LogP contribution in [0.25, 0.3) is 0 Å². The molecule has 0 radical (unpaired) electrons. The first-order valence-corrected chi connectivity index (χ1v) is 6.09. The number of nitrogens with zero attached hydrogens (tertiary/aromatic N) is 1. The Balaban J connectivity index is 1.98. The zero-order valence-electron chi connectivity index (χ0n) is 8.95. The van der Waals surface area contributed by atoms with E-state index in [0.29, 0.717) is 17.3 Å². The molecule has 0 aliphatic heterocycles. The van der Waals surface area contributed by atoms with Gasteiger partial charge >= 0.3 is 0 Å². The van der Waals surface area contributed by atoms with Gasteiger partial charge in [0, 0.05) is 12.4 Å². The summed E-state index contributed by atoms with van der Waals surface area (Å²) in [5.74, 6) is 0.663. The maximum absolute atomic E-state index is 10.8. The lowest BCUT2D eigenvalue weighted by molar-refractivity contribution is 0.306. The first kappa shape index (κ1) is 11.8. The highest BCUT2D eigenvalue weighted by molar-refractivity contribution is 7.79. The molecule has 1 heterocycles. The number of benzene rings is 1. The quantitative estimate of drug-likeness (QED) is 0.844. The molecule has 0 fully saturated rings. The van der Waals surface area contributed by atoms with Gasteiger partial charge in [-0.05, 0) is 42.0 Å². The van der Waals surface area contributed by atoms with Gasteiger partial charge in [0.25, 0.3) is 0 Å². The van der Waals surface area contributed by atoms with Crippen molar-refractivity contribution in [2.75, 3.05) is 0 Å². The smallest absolute Gasteiger partial charge is 0.186 e. The van der Waals surface area contributed by atoms with Gasteiger partial charge in [-0.25, -0.2) is 4.21 Å². The third-order valence-corrected chi connectivity index (χ3v) is 2.86. The summed E-state index contributed by atoms with van der Waals surface area (Å²) < 4.78 is 25.1. The molecule has 0 aliphatic carbocycles. The minimum absolute atomic E-state index is 0.362. The molecule has 1 N–H and O–H groups in total. The van der Waals surface area contributed by atoms with Crippen molar-refractivity contribution in [3.8, 4) is 5.75 Å². The molecule has 0 aliphatic rings. The van der Waals surface area contributed by atoms with Gasteiger partial charge in [0.1, 0.15) is 12.4 Å². The number of hydrogen-bond donors (Lipinski definition) is 1. The van der Waals surface area contributed by atoms with Gasteiger partial charge in [0.05, 0.1) is 4.90 Å². The second-order valence-electron chi connectivity index (χ2n) is 3.36. The van der Waals surface area contributed by atoms with E-state index in [-0.39, 0.29) is 0 Å². The van der Waals surface area contributed by atoms with E-state index in [1.165, 1.54) is 0 Å². The van der Waals surface area contributed by atoms with Crippen molar-refractivity contribution in [2.45, 2.75) is 11.5 Å². The SMILES string of the molecule is O=S(O)c1ccc(OCc2ccncc2)cc1. The van der Waals surface area contributed by atoms with E-state index < -0.39 is 11.1 Å². The number of hydrogen-bond acceptors (Lipinski definition) is 3. The third kappa shape index (κ3) is 3.37. The Hall–Kier alpha value is -1.72. The fraction of sp³-hybridized carbons (Fsp3) is 0.0833. The van der Waals surface area contributed by atoms with Crippen LogP contribution in [0.5, 0.6) is 5.75 Å². The van der Waals surface area contributed by atoms with Crippen LogP contribution in [-0.2, 0) is 17.7 Å². The first-order chi connectivity index (χ1) is 8.25. The normalized spacial score (nSPS) is 12.1. The summed E-state index contributed by atoms with van der Waals surface area (Å²) in [5, 5.41) is 0. The van der Waals surface area contributed by atoms with Crippen LogP contribution in [0.1, 0.15) is 5.56 Å². The molecule has 1 aromatic heterocycles. The molecule has 4 nitrogen and oxygen atoms in total. The predicted octanol–water partition coefficient (Wildman–Crippen LogP) is 2.24. The topological polar surface area (TPSA) is 59.4 Å². The molecule has 1 unspecified atom stereocenters. The van der Waals surface area contributed by atoms with E-state index in [4.69, 9.17) is 9.29 Å². The monoisotopic (exact) mass is 249 g/mol. The summed E-state index contributed by atoms with van der Waals surface area (Å²) in [6, 6.07) is 10.2. The van der Waals surface area contributed by atoms with Gasteiger partial charge in [-0.2, -0.15) is 0 Å². The standard InChI is InChI=1S/C12H11NO3S/c14-17(15)12-3-1-11(2-4-12)16-9-10-5-7-13-8-6-10/h1-8H,9H2,(H,14,15). The van der Waals surface area contributed by atoms with Gasteiger partial charge in [-0.3, -0.25) is 4.98 Å². The fourth-order valence-electron chi connectivity index (χ4n) is 1.30. The van der Waals surface area contributed by atoms with Crippen LogP contribution in [0, 0.1) is 0 Å². The summed E-state index contributed by atoms with van der Waals surface area (Å²) in [5.41, 5.74) is 1.02. The maximum atomic E-state index is 10.8. The minimum Gasteiger partial charge on any atom is -0.489 e. The van der Waals surface area contributed by atoms with Crippen molar-refractivity contribution in [1.29, 1.82) is 0 Å². The Kier molecular flexibility index (Phi) is 3.85. The Morgan fingerprint density at radius 2 is 1.76 bits per heavy atom. The lowest BCUT2D eigenvalue weighted by atomic mass is 10.3. The molecule has 2 rings (SSSR count). The van der Waals surface area contributed by atoms with Gasteiger partial charge in [-0.15, -0.1) is 0 Å².